The Balaban J connectivity index is 2.21. The number of allylic oxidation sites excluding steroid dienone is 2. The van der Waals surface area contributed by atoms with Gasteiger partial charge in [0, 0.05) is 5.41 Å². The molecule has 0 unspecified atom stereocenters. The van der Waals surface area contributed by atoms with Gasteiger partial charge in [-0.15, -0.1) is 0 Å². The number of hydrogen-bond donors (Lipinski definition) is 0. The van der Waals surface area contributed by atoms with E-state index in [9.17, 15) is 0 Å². The molecule has 1 heteroatoms. The summed E-state index contributed by atoms with van der Waals surface area (Å²) in [5, 5.41) is 0. The van der Waals surface area contributed by atoms with Crippen LogP contribution in [0.3, 0.4) is 0 Å². The zero-order valence-corrected chi connectivity index (χ0v) is 7.60. The molecule has 0 spiro atoms. The van der Waals surface area contributed by atoms with Crippen LogP contribution in [-0.4, -0.2) is 13.2 Å². The van der Waals surface area contributed by atoms with E-state index in [4.69, 9.17) is 4.74 Å². The lowest BCUT2D eigenvalue weighted by Crippen LogP contribution is -2.41. The first kappa shape index (κ1) is 8.79. The Morgan fingerprint density at radius 1 is 1.45 bits per heavy atom. The standard InChI is InChI=1S/C10H18O/c1-3-5-6-7-10(4-2)8-11-9-10/h3,5H,4,6-9H2,1-2H3/b5-3-. The average molecular weight is 154 g/mol. The van der Waals surface area contributed by atoms with Crippen LogP contribution in [0.4, 0.5) is 0 Å². The lowest BCUT2D eigenvalue weighted by Gasteiger charge is -2.40. The van der Waals surface area contributed by atoms with Crippen LogP contribution in [0.1, 0.15) is 33.1 Å². The average Bonchev–Trinajstić information content (AvgIpc) is 1.95. The Kier molecular flexibility index (Phi) is 3.13. The van der Waals surface area contributed by atoms with Crippen molar-refractivity contribution in [3.8, 4) is 0 Å². The van der Waals surface area contributed by atoms with Gasteiger partial charge in [0.05, 0.1) is 13.2 Å². The van der Waals surface area contributed by atoms with Crippen molar-refractivity contribution in [2.45, 2.75) is 33.1 Å². The third-order valence-electron chi connectivity index (χ3n) is 2.64. The maximum absolute atomic E-state index is 5.24. The molecular weight excluding hydrogens is 136 g/mol. The zero-order valence-electron chi connectivity index (χ0n) is 7.60. The van der Waals surface area contributed by atoms with Crippen molar-refractivity contribution in [3.63, 3.8) is 0 Å². The van der Waals surface area contributed by atoms with E-state index >= 15 is 0 Å². The molecule has 0 aromatic rings. The molecule has 0 aliphatic carbocycles. The minimum Gasteiger partial charge on any atom is -0.380 e. The molecule has 1 aliphatic heterocycles. The second-order valence-corrected chi connectivity index (χ2v) is 3.45. The van der Waals surface area contributed by atoms with Gasteiger partial charge in [0.2, 0.25) is 0 Å². The van der Waals surface area contributed by atoms with E-state index in [1.165, 1.54) is 19.3 Å². The quantitative estimate of drug-likeness (QED) is 0.566. The highest BCUT2D eigenvalue weighted by molar-refractivity contribution is 4.88. The molecular formula is C10H18O. The van der Waals surface area contributed by atoms with E-state index in [0.717, 1.165) is 13.2 Å². The Hall–Kier alpha value is -0.300. The SMILES string of the molecule is C/C=C\CCC1(CC)COC1. The predicted octanol–water partition coefficient (Wildman–Crippen LogP) is 2.77. The lowest BCUT2D eigenvalue weighted by atomic mass is 9.79. The summed E-state index contributed by atoms with van der Waals surface area (Å²) in [6.07, 6.45) is 8.16. The molecule has 0 amide bonds. The first-order valence-electron chi connectivity index (χ1n) is 4.52. The number of rotatable bonds is 4. The van der Waals surface area contributed by atoms with Gasteiger partial charge in [-0.1, -0.05) is 19.1 Å². The van der Waals surface area contributed by atoms with Crippen molar-refractivity contribution in [2.24, 2.45) is 5.41 Å². The molecule has 1 heterocycles. The Labute approximate surface area is 69.4 Å². The largest absolute Gasteiger partial charge is 0.380 e. The van der Waals surface area contributed by atoms with Crippen LogP contribution in [0, 0.1) is 5.41 Å². The van der Waals surface area contributed by atoms with E-state index in [2.05, 4.69) is 26.0 Å². The van der Waals surface area contributed by atoms with Crippen LogP contribution in [0.25, 0.3) is 0 Å². The van der Waals surface area contributed by atoms with Gasteiger partial charge in [-0.2, -0.15) is 0 Å². The molecule has 0 saturated carbocycles. The minimum atomic E-state index is 0.541. The highest BCUT2D eigenvalue weighted by Crippen LogP contribution is 2.35. The van der Waals surface area contributed by atoms with Gasteiger partial charge in [0.1, 0.15) is 0 Å². The molecule has 0 radical (unpaired) electrons. The molecule has 0 atom stereocenters. The summed E-state index contributed by atoms with van der Waals surface area (Å²) >= 11 is 0. The van der Waals surface area contributed by atoms with Gasteiger partial charge in [0.25, 0.3) is 0 Å². The monoisotopic (exact) mass is 154 g/mol. The number of ether oxygens (including phenoxy) is 1. The summed E-state index contributed by atoms with van der Waals surface area (Å²) in [4.78, 5) is 0. The topological polar surface area (TPSA) is 9.23 Å². The van der Waals surface area contributed by atoms with Gasteiger partial charge in [-0.25, -0.2) is 0 Å². The summed E-state index contributed by atoms with van der Waals surface area (Å²) in [5.41, 5.74) is 0.541. The lowest BCUT2D eigenvalue weighted by molar-refractivity contribution is -0.118. The Morgan fingerprint density at radius 2 is 2.18 bits per heavy atom. The molecule has 1 rings (SSSR count). The van der Waals surface area contributed by atoms with Crippen LogP contribution < -0.4 is 0 Å². The van der Waals surface area contributed by atoms with Crippen LogP contribution >= 0.6 is 0 Å². The first-order valence-corrected chi connectivity index (χ1v) is 4.52. The van der Waals surface area contributed by atoms with E-state index in [0.29, 0.717) is 5.41 Å². The molecule has 11 heavy (non-hydrogen) atoms. The van der Waals surface area contributed by atoms with Gasteiger partial charge < -0.3 is 4.74 Å². The van der Waals surface area contributed by atoms with Gasteiger partial charge >= 0.3 is 0 Å². The molecule has 0 N–H and O–H groups in total. The maximum Gasteiger partial charge on any atom is 0.0544 e. The Bertz CT molecular complexity index is 128. The normalized spacial score (nSPS) is 22.0. The fraction of sp³-hybridized carbons (Fsp3) is 0.800. The van der Waals surface area contributed by atoms with E-state index in [-0.39, 0.29) is 0 Å². The van der Waals surface area contributed by atoms with Gasteiger partial charge in [0.15, 0.2) is 0 Å². The summed E-state index contributed by atoms with van der Waals surface area (Å²) in [6, 6.07) is 0. The smallest absolute Gasteiger partial charge is 0.0544 e. The zero-order chi connectivity index (χ0) is 8.16. The third kappa shape index (κ3) is 2.06. The molecule has 1 saturated heterocycles. The molecule has 1 nitrogen and oxygen atoms in total. The minimum absolute atomic E-state index is 0.541. The third-order valence-corrected chi connectivity index (χ3v) is 2.64. The second-order valence-electron chi connectivity index (χ2n) is 3.45. The van der Waals surface area contributed by atoms with Crippen LogP contribution in [0.15, 0.2) is 12.2 Å². The van der Waals surface area contributed by atoms with Crippen molar-refractivity contribution in [1.82, 2.24) is 0 Å². The molecule has 1 aliphatic rings. The van der Waals surface area contributed by atoms with Crippen LogP contribution in [0.5, 0.6) is 0 Å². The van der Waals surface area contributed by atoms with Gasteiger partial charge in [-0.3, -0.25) is 0 Å². The van der Waals surface area contributed by atoms with Crippen molar-refractivity contribution < 1.29 is 4.74 Å². The summed E-state index contributed by atoms with van der Waals surface area (Å²) < 4.78 is 5.24. The second kappa shape index (κ2) is 3.91. The van der Waals surface area contributed by atoms with Crippen LogP contribution in [-0.2, 0) is 4.74 Å². The van der Waals surface area contributed by atoms with Gasteiger partial charge in [-0.05, 0) is 26.2 Å². The summed E-state index contributed by atoms with van der Waals surface area (Å²) in [7, 11) is 0. The molecule has 0 aromatic heterocycles. The highest BCUT2D eigenvalue weighted by atomic mass is 16.5. The van der Waals surface area contributed by atoms with Crippen molar-refractivity contribution in [1.29, 1.82) is 0 Å². The summed E-state index contributed by atoms with van der Waals surface area (Å²) in [5.74, 6) is 0. The first-order chi connectivity index (χ1) is 5.33. The highest BCUT2D eigenvalue weighted by Gasteiger charge is 2.35. The molecule has 0 bridgehead atoms. The van der Waals surface area contributed by atoms with Crippen LogP contribution in [0.2, 0.25) is 0 Å². The summed E-state index contributed by atoms with van der Waals surface area (Å²) in [6.45, 7) is 6.32. The molecule has 0 aromatic carbocycles. The predicted molar refractivity (Wildman–Crippen MR) is 47.6 cm³/mol. The van der Waals surface area contributed by atoms with E-state index < -0.39 is 0 Å². The van der Waals surface area contributed by atoms with Crippen molar-refractivity contribution in [3.05, 3.63) is 12.2 Å². The fourth-order valence-corrected chi connectivity index (χ4v) is 1.47. The number of hydrogen-bond acceptors (Lipinski definition) is 1. The van der Waals surface area contributed by atoms with Crippen molar-refractivity contribution >= 4 is 0 Å². The van der Waals surface area contributed by atoms with E-state index in [1.807, 2.05) is 0 Å². The molecule has 64 valence electrons. The fourth-order valence-electron chi connectivity index (χ4n) is 1.47. The Morgan fingerprint density at radius 3 is 2.55 bits per heavy atom. The van der Waals surface area contributed by atoms with E-state index in [1.54, 1.807) is 0 Å². The maximum atomic E-state index is 5.24. The molecule has 1 fully saturated rings. The van der Waals surface area contributed by atoms with Crippen molar-refractivity contribution in [2.75, 3.05) is 13.2 Å².